The first-order valence-corrected chi connectivity index (χ1v) is 4.36. The van der Waals surface area contributed by atoms with Gasteiger partial charge in [0, 0.05) is 0 Å². The average Bonchev–Trinajstić information content (AvgIpc) is 2.59. The van der Waals surface area contributed by atoms with E-state index in [0.717, 1.165) is 5.76 Å². The molecule has 5 nitrogen and oxygen atoms in total. The van der Waals surface area contributed by atoms with Gasteiger partial charge < -0.3 is 9.15 Å². The van der Waals surface area contributed by atoms with E-state index in [0.29, 0.717) is 12.4 Å². The molecule has 0 saturated carbocycles. The van der Waals surface area contributed by atoms with Gasteiger partial charge in [-0.3, -0.25) is 10.1 Å². The van der Waals surface area contributed by atoms with Crippen molar-refractivity contribution in [3.8, 4) is 0 Å². The highest BCUT2D eigenvalue weighted by atomic mass is 16.5. The second-order valence-corrected chi connectivity index (χ2v) is 2.99. The molecule has 0 fully saturated rings. The molecule has 1 atom stereocenters. The summed E-state index contributed by atoms with van der Waals surface area (Å²) in [5, 5.41) is 2.93. The number of hydrogen-bond acceptors (Lipinski definition) is 5. The Morgan fingerprint density at radius 3 is 3.00 bits per heavy atom. The predicted octanol–water partition coefficient (Wildman–Crippen LogP) is 0.634. The minimum atomic E-state index is -0.354. The van der Waals surface area contributed by atoms with Crippen molar-refractivity contribution in [2.75, 3.05) is 7.11 Å². The lowest BCUT2D eigenvalue weighted by Gasteiger charge is -2.08. The molecular weight excluding hydrogens is 184 g/mol. The van der Waals surface area contributed by atoms with Crippen LogP contribution < -0.4 is 5.32 Å². The molecule has 78 valence electrons. The number of oxazole rings is 1. The van der Waals surface area contributed by atoms with Crippen molar-refractivity contribution >= 4 is 5.97 Å². The third kappa shape index (κ3) is 2.85. The van der Waals surface area contributed by atoms with E-state index in [1.54, 1.807) is 13.1 Å². The third-order valence-electron chi connectivity index (χ3n) is 1.78. The molecule has 0 aliphatic rings. The maximum absolute atomic E-state index is 11.0. The van der Waals surface area contributed by atoms with Crippen LogP contribution in [0.3, 0.4) is 0 Å². The van der Waals surface area contributed by atoms with Gasteiger partial charge in [0.15, 0.2) is 0 Å². The molecule has 1 unspecified atom stereocenters. The first-order chi connectivity index (χ1) is 6.63. The zero-order valence-electron chi connectivity index (χ0n) is 8.53. The Morgan fingerprint density at radius 1 is 1.79 bits per heavy atom. The molecule has 5 heteroatoms. The number of carbonyl (C=O) groups is 1. The third-order valence-corrected chi connectivity index (χ3v) is 1.78. The van der Waals surface area contributed by atoms with E-state index in [-0.39, 0.29) is 12.0 Å². The lowest BCUT2D eigenvalue weighted by atomic mass is 10.3. The van der Waals surface area contributed by atoms with Crippen LogP contribution in [0.25, 0.3) is 0 Å². The number of hydrogen-bond donors (Lipinski definition) is 1. The number of rotatable bonds is 4. The Balaban J connectivity index is 2.37. The highest BCUT2D eigenvalue weighted by Crippen LogP contribution is 2.01. The maximum atomic E-state index is 11.0. The second kappa shape index (κ2) is 4.76. The van der Waals surface area contributed by atoms with Crippen LogP contribution in [-0.4, -0.2) is 24.1 Å². The Bertz CT molecular complexity index is 309. The minimum Gasteiger partial charge on any atom is -0.468 e. The van der Waals surface area contributed by atoms with Crippen molar-refractivity contribution in [3.05, 3.63) is 17.8 Å². The molecule has 1 heterocycles. The summed E-state index contributed by atoms with van der Waals surface area (Å²) in [6.07, 6.45) is 1.64. The van der Waals surface area contributed by atoms with Crippen molar-refractivity contribution in [1.29, 1.82) is 0 Å². The number of carbonyl (C=O) groups excluding carboxylic acids is 1. The summed E-state index contributed by atoms with van der Waals surface area (Å²) >= 11 is 0. The fraction of sp³-hybridized carbons (Fsp3) is 0.556. The molecule has 0 amide bonds. The number of methoxy groups -OCH3 is 1. The number of ether oxygens (including phenoxy) is 1. The number of aromatic nitrogens is 1. The summed E-state index contributed by atoms with van der Waals surface area (Å²) in [6, 6.07) is -0.354. The van der Waals surface area contributed by atoms with Crippen LogP contribution in [0.15, 0.2) is 10.6 Å². The monoisotopic (exact) mass is 198 g/mol. The lowest BCUT2D eigenvalue weighted by Crippen LogP contribution is -2.34. The molecule has 0 aliphatic carbocycles. The first kappa shape index (κ1) is 10.7. The van der Waals surface area contributed by atoms with E-state index in [4.69, 9.17) is 4.42 Å². The van der Waals surface area contributed by atoms with Crippen molar-refractivity contribution in [2.24, 2.45) is 0 Å². The normalized spacial score (nSPS) is 12.5. The van der Waals surface area contributed by atoms with E-state index in [1.807, 2.05) is 6.92 Å². The van der Waals surface area contributed by atoms with Crippen molar-refractivity contribution in [1.82, 2.24) is 10.3 Å². The molecule has 0 saturated heterocycles. The molecule has 1 aromatic rings. The Morgan fingerprint density at radius 2 is 2.50 bits per heavy atom. The molecule has 0 aliphatic heterocycles. The molecule has 0 spiro atoms. The van der Waals surface area contributed by atoms with Gasteiger partial charge in [0.2, 0.25) is 5.89 Å². The summed E-state index contributed by atoms with van der Waals surface area (Å²) in [7, 11) is 1.36. The molecular formula is C9H14N2O3. The van der Waals surface area contributed by atoms with Crippen LogP contribution in [0.2, 0.25) is 0 Å². The van der Waals surface area contributed by atoms with Gasteiger partial charge in [-0.2, -0.15) is 0 Å². The number of esters is 1. The molecule has 0 bridgehead atoms. The summed E-state index contributed by atoms with van der Waals surface area (Å²) in [6.45, 7) is 3.96. The van der Waals surface area contributed by atoms with E-state index in [2.05, 4.69) is 15.0 Å². The van der Waals surface area contributed by atoms with Crippen LogP contribution in [0, 0.1) is 6.92 Å². The molecule has 1 aromatic heterocycles. The van der Waals surface area contributed by atoms with Crippen molar-refractivity contribution in [2.45, 2.75) is 26.4 Å². The van der Waals surface area contributed by atoms with E-state index in [1.165, 1.54) is 7.11 Å². The summed E-state index contributed by atoms with van der Waals surface area (Å²) in [5.41, 5.74) is 0. The zero-order valence-corrected chi connectivity index (χ0v) is 8.53. The predicted molar refractivity (Wildman–Crippen MR) is 49.6 cm³/mol. The summed E-state index contributed by atoms with van der Waals surface area (Å²) in [4.78, 5) is 15.0. The molecule has 1 N–H and O–H groups in total. The van der Waals surface area contributed by atoms with Crippen LogP contribution in [0.1, 0.15) is 18.6 Å². The number of nitrogens with one attached hydrogen (secondary N) is 1. The van der Waals surface area contributed by atoms with Gasteiger partial charge in [0.05, 0.1) is 19.9 Å². The van der Waals surface area contributed by atoms with Crippen LogP contribution in [0.5, 0.6) is 0 Å². The average molecular weight is 198 g/mol. The fourth-order valence-electron chi connectivity index (χ4n) is 0.984. The van der Waals surface area contributed by atoms with Crippen LogP contribution in [-0.2, 0) is 16.1 Å². The highest BCUT2D eigenvalue weighted by Gasteiger charge is 2.12. The van der Waals surface area contributed by atoms with Gasteiger partial charge in [-0.25, -0.2) is 4.98 Å². The largest absolute Gasteiger partial charge is 0.468 e. The molecule has 1 rings (SSSR count). The quantitative estimate of drug-likeness (QED) is 0.719. The van der Waals surface area contributed by atoms with Gasteiger partial charge in [-0.05, 0) is 13.8 Å². The molecule has 0 aromatic carbocycles. The van der Waals surface area contributed by atoms with Gasteiger partial charge >= 0.3 is 5.97 Å². The van der Waals surface area contributed by atoms with Gasteiger partial charge in [0.25, 0.3) is 0 Å². The van der Waals surface area contributed by atoms with E-state index in [9.17, 15) is 4.79 Å². The summed E-state index contributed by atoms with van der Waals surface area (Å²) < 4.78 is 9.77. The Kier molecular flexibility index (Phi) is 3.64. The standard InChI is InChI=1S/C9H14N2O3/c1-6-4-11-8(14-6)5-10-7(2)9(12)13-3/h4,7,10H,5H2,1-3H3. The van der Waals surface area contributed by atoms with E-state index < -0.39 is 0 Å². The zero-order chi connectivity index (χ0) is 10.6. The first-order valence-electron chi connectivity index (χ1n) is 4.36. The SMILES string of the molecule is COC(=O)C(C)NCc1ncc(C)o1. The number of nitrogens with zero attached hydrogens (tertiary/aromatic N) is 1. The summed E-state index contributed by atoms with van der Waals surface area (Å²) in [5.74, 6) is 1.03. The van der Waals surface area contributed by atoms with Crippen LogP contribution in [0.4, 0.5) is 0 Å². The second-order valence-electron chi connectivity index (χ2n) is 2.99. The topological polar surface area (TPSA) is 64.4 Å². The molecule has 0 radical (unpaired) electrons. The van der Waals surface area contributed by atoms with E-state index >= 15 is 0 Å². The lowest BCUT2D eigenvalue weighted by molar-refractivity contribution is -0.142. The van der Waals surface area contributed by atoms with Gasteiger partial charge in [-0.15, -0.1) is 0 Å². The van der Waals surface area contributed by atoms with Gasteiger partial charge in [0.1, 0.15) is 11.8 Å². The van der Waals surface area contributed by atoms with Crippen molar-refractivity contribution < 1.29 is 13.9 Å². The maximum Gasteiger partial charge on any atom is 0.322 e. The van der Waals surface area contributed by atoms with Gasteiger partial charge in [-0.1, -0.05) is 0 Å². The smallest absolute Gasteiger partial charge is 0.322 e. The van der Waals surface area contributed by atoms with Crippen molar-refractivity contribution in [3.63, 3.8) is 0 Å². The highest BCUT2D eigenvalue weighted by molar-refractivity contribution is 5.74. The Labute approximate surface area is 82.5 Å². The van der Waals surface area contributed by atoms with Crippen LogP contribution >= 0.6 is 0 Å². The molecule has 14 heavy (non-hydrogen) atoms. The minimum absolute atomic E-state index is 0.298. The number of aryl methyl sites for hydroxylation is 1. The fourth-order valence-corrected chi connectivity index (χ4v) is 0.984. The Hall–Kier alpha value is -1.36.